The third-order valence-electron chi connectivity index (χ3n) is 5.71. The maximum absolute atomic E-state index is 12.0. The van der Waals surface area contributed by atoms with Crippen LogP contribution in [-0.4, -0.2) is 11.8 Å². The van der Waals surface area contributed by atoms with Crippen LogP contribution in [0.2, 0.25) is 0 Å². The summed E-state index contributed by atoms with van der Waals surface area (Å²) >= 11 is 0. The number of benzene rings is 3. The molecule has 3 aromatic carbocycles. The number of amides is 2. The molecular weight excluding hydrogens is 639 g/mol. The van der Waals surface area contributed by atoms with Gasteiger partial charge in [-0.05, 0) is 35.4 Å². The summed E-state index contributed by atoms with van der Waals surface area (Å²) < 4.78 is 0. The molecular formula is C34H48N2O2Rb2. The van der Waals surface area contributed by atoms with Gasteiger partial charge in [0.05, 0.1) is 11.8 Å². The summed E-state index contributed by atoms with van der Waals surface area (Å²) in [6.45, 7) is 19.9. The fraction of sp³-hybridized carbons (Fsp3) is 0.412. The van der Waals surface area contributed by atoms with E-state index in [1.165, 1.54) is 5.56 Å². The predicted molar refractivity (Wildman–Crippen MR) is 166 cm³/mol. The molecule has 0 spiro atoms. The normalized spacial score (nSPS) is 15.2. The predicted octanol–water partition coefficient (Wildman–Crippen LogP) is 4.92. The van der Waals surface area contributed by atoms with E-state index in [1.807, 2.05) is 136 Å². The van der Waals surface area contributed by atoms with Crippen LogP contribution in [0.5, 0.6) is 0 Å². The topological polar surface area (TPSA) is 62.3 Å². The molecule has 208 valence electrons. The van der Waals surface area contributed by atoms with Crippen molar-refractivity contribution < 1.29 is 126 Å². The monoisotopic (exact) mass is 686 g/mol. The van der Waals surface area contributed by atoms with Crippen molar-refractivity contribution in [2.45, 2.75) is 88.0 Å². The summed E-state index contributed by atoms with van der Waals surface area (Å²) in [5, 5.41) is 8.28. The minimum Gasteiger partial charge on any atom is -0.626 e. The molecule has 0 fully saturated rings. The van der Waals surface area contributed by atoms with Crippen LogP contribution >= 0.6 is 0 Å². The summed E-state index contributed by atoms with van der Waals surface area (Å²) in [5.41, 5.74) is 6.04. The Kier molecular flexibility index (Phi) is 29.9. The van der Waals surface area contributed by atoms with E-state index >= 15 is 0 Å². The van der Waals surface area contributed by atoms with Gasteiger partial charge in [0.25, 0.3) is 0 Å². The van der Waals surface area contributed by atoms with Crippen LogP contribution in [0.15, 0.2) is 72.8 Å². The Morgan fingerprint density at radius 3 is 1.62 bits per heavy atom. The summed E-state index contributed by atoms with van der Waals surface area (Å²) in [4.78, 5) is 23.4. The second kappa shape index (κ2) is 26.8. The smallest absolute Gasteiger partial charge is 0.626 e. The van der Waals surface area contributed by atoms with Crippen molar-refractivity contribution in [3.8, 4) is 11.1 Å². The summed E-state index contributed by atoms with van der Waals surface area (Å²) in [6.07, 6.45) is 1.88. The van der Waals surface area contributed by atoms with Crippen molar-refractivity contribution in [3.05, 3.63) is 94.6 Å². The quantitative estimate of drug-likeness (QED) is 0.337. The molecule has 2 atom stereocenters. The largest absolute Gasteiger partial charge is 1.00 e. The van der Waals surface area contributed by atoms with Gasteiger partial charge >= 0.3 is 116 Å². The molecule has 0 saturated heterocycles. The van der Waals surface area contributed by atoms with E-state index < -0.39 is 0 Å². The molecule has 2 heterocycles. The SMILES string of the molecule is CC.CC.CC.CC.CC1C(=O)[N-]c2ccccc2-c2ccccc21.CC1CCc2ccccc2[N-]C1=O.[Rb+].[Rb+]. The van der Waals surface area contributed by atoms with Gasteiger partial charge in [0.2, 0.25) is 0 Å². The molecule has 0 bridgehead atoms. The number of nitrogens with zero attached hydrogens (tertiary/aromatic N) is 2. The number of hydrogen-bond acceptors (Lipinski definition) is 2. The van der Waals surface area contributed by atoms with Crippen LogP contribution in [0.4, 0.5) is 11.4 Å². The minimum atomic E-state index is -0.168. The molecule has 40 heavy (non-hydrogen) atoms. The van der Waals surface area contributed by atoms with Crippen molar-refractivity contribution in [3.63, 3.8) is 0 Å². The van der Waals surface area contributed by atoms with Crippen LogP contribution in [0, 0.1) is 5.92 Å². The first-order valence-corrected chi connectivity index (χ1v) is 14.3. The van der Waals surface area contributed by atoms with Crippen LogP contribution in [0.25, 0.3) is 21.8 Å². The summed E-state index contributed by atoms with van der Waals surface area (Å²) in [6, 6.07) is 23.7. The Hall–Kier alpha value is 0.210. The van der Waals surface area contributed by atoms with Crippen molar-refractivity contribution in [1.29, 1.82) is 0 Å². The van der Waals surface area contributed by atoms with Crippen LogP contribution in [0.3, 0.4) is 0 Å². The Morgan fingerprint density at radius 1 is 0.575 bits per heavy atom. The van der Waals surface area contributed by atoms with Gasteiger partial charge in [-0.25, -0.2) is 0 Å². The number of carbonyl (C=O) groups excluding carboxylic acids is 2. The average Bonchev–Trinajstić information content (AvgIpc) is 3.21. The number of carbonyl (C=O) groups is 2. The standard InChI is InChI=1S/C15H13NO.C11H13NO.4C2H6.2Rb/c1-10-11-6-2-3-7-12(11)13-8-4-5-9-14(13)16-15(10)17;1-8-6-7-9-4-2-3-5-10(9)12-11(8)13;4*1-2;;/h2-10H,1H3,(H,16,17);2-5,8H,6-7H2,1H3,(H,12,13);4*1-2H3;;/q;;;;;;2*+1/p-2. The van der Waals surface area contributed by atoms with Gasteiger partial charge in [-0.15, -0.1) is 11.4 Å². The van der Waals surface area contributed by atoms with Crippen LogP contribution < -0.4 is 116 Å². The van der Waals surface area contributed by atoms with E-state index in [1.54, 1.807) is 0 Å². The molecule has 0 saturated carbocycles. The second-order valence-electron chi connectivity index (χ2n) is 7.79. The molecule has 2 aliphatic heterocycles. The van der Waals surface area contributed by atoms with E-state index in [0.717, 1.165) is 40.9 Å². The zero-order valence-corrected chi connectivity index (χ0v) is 37.0. The molecule has 2 aliphatic rings. The molecule has 6 heteroatoms. The van der Waals surface area contributed by atoms with E-state index in [4.69, 9.17) is 0 Å². The molecule has 3 aromatic rings. The van der Waals surface area contributed by atoms with E-state index in [9.17, 15) is 9.59 Å². The third-order valence-corrected chi connectivity index (χ3v) is 5.71. The number of fused-ring (bicyclic) bond motifs is 4. The number of rotatable bonds is 0. The number of aryl methyl sites for hydroxylation is 1. The minimum absolute atomic E-state index is 0. The Balaban J connectivity index is -0.000000536. The van der Waals surface area contributed by atoms with Crippen LogP contribution in [0.1, 0.15) is 92.7 Å². The Morgan fingerprint density at radius 2 is 1.02 bits per heavy atom. The molecule has 5 rings (SSSR count). The van der Waals surface area contributed by atoms with E-state index in [2.05, 4.69) is 16.7 Å². The van der Waals surface area contributed by atoms with Gasteiger partial charge in [0.15, 0.2) is 0 Å². The first kappa shape index (κ1) is 44.6. The van der Waals surface area contributed by atoms with Crippen molar-refractivity contribution >= 4 is 23.2 Å². The Labute approximate surface area is 342 Å². The van der Waals surface area contributed by atoms with E-state index in [0.29, 0.717) is 0 Å². The van der Waals surface area contributed by atoms with Gasteiger partial charge in [-0.2, -0.15) is 0 Å². The van der Waals surface area contributed by atoms with Crippen LogP contribution in [-0.2, 0) is 16.0 Å². The molecule has 2 unspecified atom stereocenters. The molecule has 0 aliphatic carbocycles. The number of para-hydroxylation sites is 2. The average molecular weight is 688 g/mol. The first-order valence-electron chi connectivity index (χ1n) is 14.3. The third kappa shape index (κ3) is 13.7. The van der Waals surface area contributed by atoms with Crippen molar-refractivity contribution in [2.75, 3.05) is 0 Å². The fourth-order valence-electron chi connectivity index (χ4n) is 3.82. The fourth-order valence-corrected chi connectivity index (χ4v) is 3.82. The first-order chi connectivity index (χ1) is 18.5. The zero-order chi connectivity index (χ0) is 29.1. The maximum atomic E-state index is 12.0. The van der Waals surface area contributed by atoms with Gasteiger partial charge in [-0.1, -0.05) is 148 Å². The van der Waals surface area contributed by atoms with Crippen molar-refractivity contribution in [1.82, 2.24) is 0 Å². The van der Waals surface area contributed by atoms with Gasteiger partial charge in [0.1, 0.15) is 0 Å². The Bertz CT molecular complexity index is 1100. The van der Waals surface area contributed by atoms with E-state index in [-0.39, 0.29) is 140 Å². The van der Waals surface area contributed by atoms with Gasteiger partial charge in [0, 0.05) is 5.92 Å². The molecule has 0 N–H and O–H groups in total. The van der Waals surface area contributed by atoms with Crippen molar-refractivity contribution in [2.24, 2.45) is 5.92 Å². The zero-order valence-electron chi connectivity index (χ0n) is 27.2. The summed E-state index contributed by atoms with van der Waals surface area (Å²) in [5.74, 6) is -0.140. The molecule has 4 nitrogen and oxygen atoms in total. The summed E-state index contributed by atoms with van der Waals surface area (Å²) in [7, 11) is 0. The molecule has 2 amide bonds. The molecule has 0 aromatic heterocycles. The second-order valence-corrected chi connectivity index (χ2v) is 7.79. The van der Waals surface area contributed by atoms with Gasteiger partial charge < -0.3 is 20.2 Å². The maximum Gasteiger partial charge on any atom is 1.00 e. The van der Waals surface area contributed by atoms with Gasteiger partial charge in [-0.3, -0.25) is 0 Å². The number of hydrogen-bond donors (Lipinski definition) is 0. The molecule has 0 radical (unpaired) electrons.